The number of methoxy groups -OCH3 is 1. The Kier molecular flexibility index (Phi) is 8.86. The van der Waals surface area contributed by atoms with Gasteiger partial charge >= 0.3 is 0 Å². The molecular weight excluding hydrogens is 562 g/mol. The summed E-state index contributed by atoms with van der Waals surface area (Å²) in [5.41, 5.74) is -0.0838. The fraction of sp³-hybridized carbons (Fsp3) is 0.656. The van der Waals surface area contributed by atoms with Crippen LogP contribution in [0.3, 0.4) is 0 Å². The second-order valence-electron chi connectivity index (χ2n) is 12.8. The van der Waals surface area contributed by atoms with E-state index in [-0.39, 0.29) is 36.2 Å². The van der Waals surface area contributed by atoms with E-state index in [1.165, 1.54) is 6.08 Å². The number of Topliss-reactive ketones (excluding diaryl/α,β-unsaturated/α-hetero) is 1. The van der Waals surface area contributed by atoms with Gasteiger partial charge in [0.1, 0.15) is 11.5 Å². The largest absolute Gasteiger partial charge is 0.497 e. The standard InChI is InChI=1S/C32H45N7O5/c1-5-27(40)39-16-15-38(18-21(39)11-13-33)30-24-10-12-32(20-37(3)25-17-23(42-4)8-9-26(25)44-32)29(41)28(24)34-31(35-30)43-19-22-7-6-14-36(22)2/h5,8-9,17,21-22,24,28,30-31,34-35H,1,6-7,10-12,14-16,18-20H2,2-4H3/t21?,22?,24?,28?,30?,31?,32-/m1/s1. The molecule has 4 heterocycles. The Morgan fingerprint density at radius 1 is 1.23 bits per heavy atom. The zero-order chi connectivity index (χ0) is 31.0. The number of hydrogen-bond donors (Lipinski definition) is 2. The van der Waals surface area contributed by atoms with E-state index in [1.807, 2.05) is 25.2 Å². The molecule has 4 aliphatic heterocycles. The van der Waals surface area contributed by atoms with E-state index in [2.05, 4.69) is 45.0 Å². The van der Waals surface area contributed by atoms with Crippen LogP contribution in [0.15, 0.2) is 30.9 Å². The Hall–Kier alpha value is -3.21. The van der Waals surface area contributed by atoms with Crippen LogP contribution in [0.1, 0.15) is 32.1 Å². The normalized spacial score (nSPS) is 34.2. The van der Waals surface area contributed by atoms with Crippen molar-refractivity contribution < 1.29 is 23.8 Å². The molecule has 1 aromatic carbocycles. The maximum Gasteiger partial charge on any atom is 0.246 e. The predicted molar refractivity (Wildman–Crippen MR) is 164 cm³/mol. The molecule has 7 atom stereocenters. The highest BCUT2D eigenvalue weighted by Crippen LogP contribution is 2.45. The number of rotatable bonds is 7. The molecule has 238 valence electrons. The molecule has 1 saturated carbocycles. The number of likely N-dealkylation sites (tertiary alicyclic amines) is 1. The number of hydrogen-bond acceptors (Lipinski definition) is 11. The van der Waals surface area contributed by atoms with Crippen LogP contribution >= 0.6 is 0 Å². The van der Waals surface area contributed by atoms with Gasteiger partial charge in [-0.1, -0.05) is 6.58 Å². The van der Waals surface area contributed by atoms with Crippen LogP contribution in [0.5, 0.6) is 11.5 Å². The SMILES string of the molecule is C=CC(=O)N1CCN(C2NC(OCC3CCCN3C)NC3C(=O)[C@@]4(CCC32)CN(C)c2cc(OC)ccc2O4)CC1CC#N. The van der Waals surface area contributed by atoms with E-state index in [0.29, 0.717) is 51.0 Å². The number of fused-ring (bicyclic) bond motifs is 2. The maximum absolute atomic E-state index is 14.6. The van der Waals surface area contributed by atoms with Gasteiger partial charge in [-0.2, -0.15) is 5.26 Å². The number of anilines is 1. The van der Waals surface area contributed by atoms with Gasteiger partial charge in [-0.3, -0.25) is 25.1 Å². The van der Waals surface area contributed by atoms with Crippen molar-refractivity contribution in [3.05, 3.63) is 30.9 Å². The molecular formula is C32H45N7O5. The van der Waals surface area contributed by atoms with Crippen molar-refractivity contribution in [3.63, 3.8) is 0 Å². The van der Waals surface area contributed by atoms with E-state index >= 15 is 0 Å². The Morgan fingerprint density at radius 2 is 2.07 bits per heavy atom. The van der Waals surface area contributed by atoms with E-state index in [9.17, 15) is 14.9 Å². The summed E-state index contributed by atoms with van der Waals surface area (Å²) in [5.74, 6) is 1.25. The number of piperazine rings is 1. The number of benzene rings is 1. The minimum atomic E-state index is -0.985. The molecule has 1 aliphatic carbocycles. The van der Waals surface area contributed by atoms with Crippen LogP contribution in [-0.4, -0.2) is 123 Å². The van der Waals surface area contributed by atoms with Gasteiger partial charge in [-0.05, 0) is 57.5 Å². The van der Waals surface area contributed by atoms with Crippen LogP contribution in [0.2, 0.25) is 0 Å². The first-order valence-electron chi connectivity index (χ1n) is 15.8. The third-order valence-corrected chi connectivity index (χ3v) is 10.3. The first-order chi connectivity index (χ1) is 21.3. The lowest BCUT2D eigenvalue weighted by molar-refractivity contribution is -0.159. The summed E-state index contributed by atoms with van der Waals surface area (Å²) in [5, 5.41) is 16.8. The number of ketones is 1. The highest BCUT2D eigenvalue weighted by atomic mass is 16.5. The van der Waals surface area contributed by atoms with Gasteiger partial charge in [0.15, 0.2) is 17.7 Å². The van der Waals surface area contributed by atoms with Crippen LogP contribution in [-0.2, 0) is 14.3 Å². The van der Waals surface area contributed by atoms with Crippen molar-refractivity contribution in [2.45, 2.75) is 68.3 Å². The Balaban J connectivity index is 1.25. The minimum absolute atomic E-state index is 0.0363. The number of nitriles is 1. The highest BCUT2D eigenvalue weighted by molar-refractivity contribution is 5.95. The number of ether oxygens (including phenoxy) is 3. The second-order valence-corrected chi connectivity index (χ2v) is 12.8. The quantitative estimate of drug-likeness (QED) is 0.434. The molecule has 2 N–H and O–H groups in total. The molecule has 5 aliphatic rings. The molecule has 4 fully saturated rings. The average Bonchev–Trinajstić information content (AvgIpc) is 3.45. The second kappa shape index (κ2) is 12.7. The summed E-state index contributed by atoms with van der Waals surface area (Å²) >= 11 is 0. The Morgan fingerprint density at radius 3 is 2.80 bits per heavy atom. The molecule has 44 heavy (non-hydrogen) atoms. The average molecular weight is 608 g/mol. The molecule has 1 spiro atoms. The van der Waals surface area contributed by atoms with Crippen molar-refractivity contribution in [1.82, 2.24) is 25.3 Å². The lowest BCUT2D eigenvalue weighted by Crippen LogP contribution is -2.76. The van der Waals surface area contributed by atoms with Crippen LogP contribution in [0.25, 0.3) is 0 Å². The minimum Gasteiger partial charge on any atom is -0.497 e. The van der Waals surface area contributed by atoms with Crippen LogP contribution in [0.4, 0.5) is 5.69 Å². The smallest absolute Gasteiger partial charge is 0.246 e. The molecule has 6 rings (SSSR count). The predicted octanol–water partition coefficient (Wildman–Crippen LogP) is 1.14. The number of carbonyl (C=O) groups excluding carboxylic acids is 2. The lowest BCUT2D eigenvalue weighted by Gasteiger charge is -2.55. The molecule has 3 saturated heterocycles. The first-order valence-corrected chi connectivity index (χ1v) is 15.8. The molecule has 12 heteroatoms. The van der Waals surface area contributed by atoms with Crippen molar-refractivity contribution in [2.24, 2.45) is 5.92 Å². The Labute approximate surface area is 259 Å². The van der Waals surface area contributed by atoms with Crippen molar-refractivity contribution in [3.8, 4) is 17.6 Å². The monoisotopic (exact) mass is 607 g/mol. The van der Waals surface area contributed by atoms with Gasteiger partial charge in [0.05, 0.1) is 56.7 Å². The first kappa shape index (κ1) is 30.8. The van der Waals surface area contributed by atoms with E-state index in [4.69, 9.17) is 14.2 Å². The zero-order valence-corrected chi connectivity index (χ0v) is 26.0. The highest BCUT2D eigenvalue weighted by Gasteiger charge is 2.57. The van der Waals surface area contributed by atoms with Crippen LogP contribution < -0.4 is 25.0 Å². The number of nitrogens with one attached hydrogen (secondary N) is 2. The summed E-state index contributed by atoms with van der Waals surface area (Å²) in [7, 11) is 5.75. The molecule has 0 bridgehead atoms. The van der Waals surface area contributed by atoms with Crippen LogP contribution in [0, 0.1) is 17.2 Å². The van der Waals surface area contributed by atoms with Gasteiger partial charge < -0.3 is 28.9 Å². The van der Waals surface area contributed by atoms with Gasteiger partial charge in [-0.25, -0.2) is 0 Å². The summed E-state index contributed by atoms with van der Waals surface area (Å²) in [6.45, 7) is 7.34. The zero-order valence-electron chi connectivity index (χ0n) is 26.0. The number of likely N-dealkylation sites (N-methyl/N-ethyl adjacent to an activating group) is 2. The van der Waals surface area contributed by atoms with E-state index in [1.54, 1.807) is 12.0 Å². The topological polar surface area (TPSA) is 123 Å². The molecule has 0 radical (unpaired) electrons. The third-order valence-electron chi connectivity index (χ3n) is 10.3. The Bertz CT molecular complexity index is 1300. The lowest BCUT2D eigenvalue weighted by atomic mass is 9.71. The van der Waals surface area contributed by atoms with Crippen molar-refractivity contribution in [2.75, 3.05) is 65.4 Å². The molecule has 0 aromatic heterocycles. The number of carbonyl (C=O) groups is 2. The van der Waals surface area contributed by atoms with Gasteiger partial charge in [0, 0.05) is 44.7 Å². The molecule has 12 nitrogen and oxygen atoms in total. The number of amides is 1. The maximum atomic E-state index is 14.6. The summed E-state index contributed by atoms with van der Waals surface area (Å²) in [4.78, 5) is 35.6. The molecule has 1 aromatic rings. The van der Waals surface area contributed by atoms with E-state index in [0.717, 1.165) is 37.2 Å². The fourth-order valence-corrected chi connectivity index (χ4v) is 7.86. The molecule has 6 unspecified atom stereocenters. The third kappa shape index (κ3) is 5.68. The van der Waals surface area contributed by atoms with Gasteiger partial charge in [0.2, 0.25) is 5.91 Å². The summed E-state index contributed by atoms with van der Waals surface area (Å²) in [6, 6.07) is 7.53. The van der Waals surface area contributed by atoms with Gasteiger partial charge in [0.25, 0.3) is 0 Å². The summed E-state index contributed by atoms with van der Waals surface area (Å²) in [6.07, 6.45) is 4.41. The van der Waals surface area contributed by atoms with Gasteiger partial charge in [-0.15, -0.1) is 0 Å². The van der Waals surface area contributed by atoms with Crippen molar-refractivity contribution in [1.29, 1.82) is 5.26 Å². The summed E-state index contributed by atoms with van der Waals surface area (Å²) < 4.78 is 18.5. The van der Waals surface area contributed by atoms with Crippen molar-refractivity contribution >= 4 is 17.4 Å². The number of nitrogens with zero attached hydrogens (tertiary/aromatic N) is 5. The molecule has 1 amide bonds. The van der Waals surface area contributed by atoms with E-state index < -0.39 is 18.0 Å². The fourth-order valence-electron chi connectivity index (χ4n) is 7.86.